The Balaban J connectivity index is 2.24. The topological polar surface area (TPSA) is 60.4 Å². The lowest BCUT2D eigenvalue weighted by atomic mass is 9.49. The fourth-order valence-electron chi connectivity index (χ4n) is 5.52. The highest BCUT2D eigenvalue weighted by molar-refractivity contribution is 6.03. The summed E-state index contributed by atoms with van der Waals surface area (Å²) in [6.07, 6.45) is 2.88. The van der Waals surface area contributed by atoms with E-state index in [0.717, 1.165) is 36.0 Å². The van der Waals surface area contributed by atoms with Gasteiger partial charge in [-0.05, 0) is 67.2 Å². The van der Waals surface area contributed by atoms with Crippen LogP contribution in [0.2, 0.25) is 0 Å². The van der Waals surface area contributed by atoms with Crippen LogP contribution in [0.15, 0.2) is 12.1 Å². The van der Waals surface area contributed by atoms with Crippen molar-refractivity contribution < 1.29 is 19.1 Å². The molecule has 0 bridgehead atoms. The van der Waals surface area contributed by atoms with Gasteiger partial charge in [-0.15, -0.1) is 0 Å². The van der Waals surface area contributed by atoms with Crippen molar-refractivity contribution in [2.45, 2.75) is 71.6 Å². The van der Waals surface area contributed by atoms with Crippen molar-refractivity contribution in [2.75, 3.05) is 7.11 Å². The zero-order chi connectivity index (χ0) is 20.1. The van der Waals surface area contributed by atoms with E-state index in [0.29, 0.717) is 12.0 Å². The van der Waals surface area contributed by atoms with E-state index < -0.39 is 5.41 Å². The highest BCUT2D eigenvalue weighted by atomic mass is 16.5. The number of hydrogen-bond acceptors (Lipinski definition) is 4. The minimum absolute atomic E-state index is 0.0196. The fourth-order valence-corrected chi connectivity index (χ4v) is 5.52. The second-order valence-electron chi connectivity index (χ2n) is 9.06. The lowest BCUT2D eigenvalue weighted by molar-refractivity contribution is -0.160. The normalized spacial score (nSPS) is 29.9. The van der Waals surface area contributed by atoms with Crippen LogP contribution in [0.4, 0.5) is 0 Å². The molecule has 3 rings (SSSR count). The van der Waals surface area contributed by atoms with Crippen molar-refractivity contribution in [3.05, 3.63) is 34.4 Å². The average Bonchev–Trinajstić information content (AvgIpc) is 2.62. The molecule has 3 atom stereocenters. The van der Waals surface area contributed by atoms with Crippen LogP contribution >= 0.6 is 0 Å². The summed E-state index contributed by atoms with van der Waals surface area (Å²) in [6, 6.07) is 3.88. The quantitative estimate of drug-likeness (QED) is 0.564. The van der Waals surface area contributed by atoms with E-state index in [1.54, 1.807) is 6.92 Å². The van der Waals surface area contributed by atoms with Crippen LogP contribution in [0.25, 0.3) is 0 Å². The monoisotopic (exact) mass is 370 g/mol. The van der Waals surface area contributed by atoms with Gasteiger partial charge in [0.2, 0.25) is 0 Å². The van der Waals surface area contributed by atoms with E-state index in [2.05, 4.69) is 6.92 Å². The molecule has 27 heavy (non-hydrogen) atoms. The number of fused-ring (bicyclic) bond motifs is 3. The van der Waals surface area contributed by atoms with E-state index >= 15 is 0 Å². The number of carbonyl (C=O) groups is 3. The smallest absolute Gasteiger partial charge is 0.311 e. The Morgan fingerprint density at radius 2 is 1.85 bits per heavy atom. The molecule has 1 fully saturated rings. The molecule has 3 unspecified atom stereocenters. The Labute approximate surface area is 161 Å². The van der Waals surface area contributed by atoms with E-state index in [1.807, 2.05) is 32.9 Å². The van der Waals surface area contributed by atoms with Crippen molar-refractivity contribution in [3.8, 4) is 0 Å². The van der Waals surface area contributed by atoms with Gasteiger partial charge in [0.15, 0.2) is 11.6 Å². The van der Waals surface area contributed by atoms with Crippen molar-refractivity contribution >= 4 is 17.5 Å². The molecule has 0 amide bonds. The minimum atomic E-state index is -0.678. The Morgan fingerprint density at radius 3 is 2.41 bits per heavy atom. The number of carbonyl (C=O) groups excluding carboxylic acids is 3. The molecule has 1 aromatic rings. The average molecular weight is 370 g/mol. The number of methoxy groups -OCH3 is 1. The standard InChI is InChI=1S/C23H30O4/c1-13(2)15-10-17-18(11-16(15)14(3)24)22(4)8-7-9-23(5,21(26)27-6)20(22)12-19(17)25/h10-11,13,20H,7-9,12H2,1-6H3. The van der Waals surface area contributed by atoms with E-state index in [1.165, 1.54) is 7.11 Å². The van der Waals surface area contributed by atoms with Crippen LogP contribution in [0.3, 0.4) is 0 Å². The van der Waals surface area contributed by atoms with Crippen LogP contribution in [0, 0.1) is 11.3 Å². The van der Waals surface area contributed by atoms with Crippen LogP contribution in [-0.4, -0.2) is 24.6 Å². The fraction of sp³-hybridized carbons (Fsp3) is 0.609. The molecular formula is C23H30O4. The molecule has 146 valence electrons. The van der Waals surface area contributed by atoms with Crippen molar-refractivity contribution in [3.63, 3.8) is 0 Å². The SMILES string of the molecule is COC(=O)C1(C)CCCC2(C)c3cc(C(C)=O)c(C(C)C)cc3C(=O)CC12. The van der Waals surface area contributed by atoms with Gasteiger partial charge in [0.05, 0.1) is 12.5 Å². The van der Waals surface area contributed by atoms with E-state index in [9.17, 15) is 14.4 Å². The van der Waals surface area contributed by atoms with Crippen LogP contribution in [0.1, 0.15) is 98.1 Å². The predicted octanol–water partition coefficient (Wildman–Crippen LogP) is 4.84. The maximum absolute atomic E-state index is 13.1. The number of ketones is 2. The van der Waals surface area contributed by atoms with Gasteiger partial charge < -0.3 is 4.74 Å². The maximum Gasteiger partial charge on any atom is 0.311 e. The van der Waals surface area contributed by atoms with Gasteiger partial charge >= 0.3 is 5.97 Å². The summed E-state index contributed by atoms with van der Waals surface area (Å²) in [5.41, 5.74) is 2.31. The maximum atomic E-state index is 13.1. The first-order valence-corrected chi connectivity index (χ1v) is 9.87. The number of benzene rings is 1. The molecule has 2 aliphatic carbocycles. The van der Waals surface area contributed by atoms with Crippen LogP contribution in [-0.2, 0) is 14.9 Å². The molecule has 0 aliphatic heterocycles. The second-order valence-corrected chi connectivity index (χ2v) is 9.06. The molecular weight excluding hydrogens is 340 g/mol. The summed E-state index contributed by atoms with van der Waals surface area (Å²) in [4.78, 5) is 38.1. The highest BCUT2D eigenvalue weighted by Crippen LogP contribution is 2.58. The summed E-state index contributed by atoms with van der Waals surface area (Å²) in [6.45, 7) is 9.76. The van der Waals surface area contributed by atoms with Crippen LogP contribution < -0.4 is 0 Å². The third kappa shape index (κ3) is 2.84. The predicted molar refractivity (Wildman–Crippen MR) is 104 cm³/mol. The summed E-state index contributed by atoms with van der Waals surface area (Å²) in [7, 11) is 1.42. The Morgan fingerprint density at radius 1 is 1.19 bits per heavy atom. The first-order chi connectivity index (χ1) is 12.6. The molecule has 4 nitrogen and oxygen atoms in total. The van der Waals surface area contributed by atoms with Gasteiger partial charge in [0.25, 0.3) is 0 Å². The number of hydrogen-bond donors (Lipinski definition) is 0. The number of rotatable bonds is 3. The highest BCUT2D eigenvalue weighted by Gasteiger charge is 2.57. The lowest BCUT2D eigenvalue weighted by Gasteiger charge is -2.53. The zero-order valence-electron chi connectivity index (χ0n) is 17.3. The Kier molecular flexibility index (Phi) is 4.82. The summed E-state index contributed by atoms with van der Waals surface area (Å²) in [5.74, 6) is -0.0943. The van der Waals surface area contributed by atoms with Crippen molar-refractivity contribution in [1.82, 2.24) is 0 Å². The first kappa shape index (κ1) is 19.8. The third-order valence-corrected chi connectivity index (χ3v) is 7.08. The molecule has 0 heterocycles. The summed E-state index contributed by atoms with van der Waals surface area (Å²) in [5, 5.41) is 0. The minimum Gasteiger partial charge on any atom is -0.469 e. The molecule has 0 N–H and O–H groups in total. The van der Waals surface area contributed by atoms with Gasteiger partial charge in [-0.3, -0.25) is 14.4 Å². The molecule has 0 saturated heterocycles. The van der Waals surface area contributed by atoms with Gasteiger partial charge in [-0.25, -0.2) is 0 Å². The summed E-state index contributed by atoms with van der Waals surface area (Å²) >= 11 is 0. The Hall–Kier alpha value is -1.97. The molecule has 0 radical (unpaired) electrons. The number of ether oxygens (including phenoxy) is 1. The van der Waals surface area contributed by atoms with Gasteiger partial charge in [-0.2, -0.15) is 0 Å². The lowest BCUT2D eigenvalue weighted by Crippen LogP contribution is -2.53. The van der Waals surface area contributed by atoms with Crippen molar-refractivity contribution in [1.29, 1.82) is 0 Å². The van der Waals surface area contributed by atoms with Gasteiger partial charge in [0.1, 0.15) is 0 Å². The third-order valence-electron chi connectivity index (χ3n) is 7.08. The molecule has 4 heteroatoms. The zero-order valence-corrected chi connectivity index (χ0v) is 17.3. The number of Topliss-reactive ketones (excluding diaryl/α,β-unsaturated/α-hetero) is 2. The molecule has 1 saturated carbocycles. The first-order valence-electron chi connectivity index (χ1n) is 9.87. The second kappa shape index (κ2) is 6.57. The van der Waals surface area contributed by atoms with E-state index in [4.69, 9.17) is 4.74 Å². The molecule has 0 aromatic heterocycles. The van der Waals surface area contributed by atoms with Crippen LogP contribution in [0.5, 0.6) is 0 Å². The van der Waals surface area contributed by atoms with Gasteiger partial charge in [-0.1, -0.05) is 27.2 Å². The van der Waals surface area contributed by atoms with Gasteiger partial charge in [0, 0.05) is 17.5 Å². The van der Waals surface area contributed by atoms with Crippen molar-refractivity contribution in [2.24, 2.45) is 11.3 Å². The number of esters is 1. The Bertz CT molecular complexity index is 822. The van der Waals surface area contributed by atoms with E-state index in [-0.39, 0.29) is 34.8 Å². The molecule has 1 aromatic carbocycles. The largest absolute Gasteiger partial charge is 0.469 e. The molecule has 2 aliphatic rings. The molecule has 0 spiro atoms. The summed E-state index contributed by atoms with van der Waals surface area (Å²) < 4.78 is 5.12.